The van der Waals surface area contributed by atoms with Crippen LogP contribution in [0.4, 0.5) is 5.69 Å². The van der Waals surface area contributed by atoms with Crippen molar-refractivity contribution in [2.45, 2.75) is 12.5 Å². The Labute approximate surface area is 155 Å². The maximum atomic E-state index is 12.8. The molecule has 9 heteroatoms. The van der Waals surface area contributed by atoms with Crippen molar-refractivity contribution in [1.82, 2.24) is 4.90 Å². The minimum Gasteiger partial charge on any atom is -0.495 e. The van der Waals surface area contributed by atoms with Crippen LogP contribution >= 0.6 is 11.6 Å². The largest absolute Gasteiger partial charge is 0.495 e. The summed E-state index contributed by atoms with van der Waals surface area (Å²) in [6.45, 7) is 0.950. The normalized spacial score (nSPS) is 23.2. The van der Waals surface area contributed by atoms with Gasteiger partial charge in [-0.15, -0.1) is 0 Å². The fraction of sp³-hybridized carbons (Fsp3) is 0.471. The monoisotopic (exact) mass is 381 g/mol. The molecule has 0 bridgehead atoms. The molecule has 3 rings (SSSR count). The molecule has 0 aromatic heterocycles. The number of amides is 3. The van der Waals surface area contributed by atoms with Crippen LogP contribution < -0.4 is 15.4 Å². The van der Waals surface area contributed by atoms with E-state index in [1.807, 2.05) is 0 Å². The fourth-order valence-corrected chi connectivity index (χ4v) is 3.43. The first-order valence-corrected chi connectivity index (χ1v) is 8.62. The van der Waals surface area contributed by atoms with Gasteiger partial charge in [-0.3, -0.25) is 14.4 Å². The summed E-state index contributed by atoms with van der Waals surface area (Å²) in [5, 5.41) is 0.473. The predicted octanol–water partition coefficient (Wildman–Crippen LogP) is 0.414. The third-order valence-electron chi connectivity index (χ3n) is 4.60. The molecule has 2 unspecified atom stereocenters. The number of benzene rings is 1. The van der Waals surface area contributed by atoms with Gasteiger partial charge in [-0.1, -0.05) is 11.6 Å². The lowest BCUT2D eigenvalue weighted by Crippen LogP contribution is -2.52. The molecule has 0 saturated carbocycles. The molecule has 140 valence electrons. The Balaban J connectivity index is 1.74. The highest BCUT2D eigenvalue weighted by molar-refractivity contribution is 6.31. The first kappa shape index (κ1) is 18.5. The third kappa shape index (κ3) is 3.61. The molecule has 2 atom stereocenters. The Morgan fingerprint density at radius 2 is 2.12 bits per heavy atom. The number of morpholine rings is 1. The molecule has 2 aliphatic heterocycles. The number of primary amides is 1. The molecule has 2 N–H and O–H groups in total. The summed E-state index contributed by atoms with van der Waals surface area (Å²) in [4.78, 5) is 39.6. The van der Waals surface area contributed by atoms with E-state index in [2.05, 4.69) is 0 Å². The van der Waals surface area contributed by atoms with Crippen molar-refractivity contribution in [2.24, 2.45) is 11.7 Å². The molecule has 26 heavy (non-hydrogen) atoms. The standard InChI is InChI=1S/C17H20ClN3O5/c1-25-13-3-2-11(18)7-12(13)21-8-10(6-15(21)22)17(24)20-4-5-26-14(9-20)16(19)23/h2-3,7,10,14H,4-6,8-9H2,1H3,(H2,19,23). The van der Waals surface area contributed by atoms with Crippen molar-refractivity contribution in [3.8, 4) is 5.75 Å². The maximum Gasteiger partial charge on any atom is 0.248 e. The molecule has 1 aromatic rings. The number of nitrogens with zero attached hydrogens (tertiary/aromatic N) is 2. The van der Waals surface area contributed by atoms with Crippen molar-refractivity contribution >= 4 is 35.0 Å². The summed E-state index contributed by atoms with van der Waals surface area (Å²) in [7, 11) is 1.51. The second-order valence-electron chi connectivity index (χ2n) is 6.27. The molecule has 0 radical (unpaired) electrons. The van der Waals surface area contributed by atoms with Gasteiger partial charge in [0.25, 0.3) is 0 Å². The molecule has 2 saturated heterocycles. The number of hydrogen-bond donors (Lipinski definition) is 1. The van der Waals surface area contributed by atoms with Crippen molar-refractivity contribution in [3.63, 3.8) is 0 Å². The smallest absolute Gasteiger partial charge is 0.248 e. The zero-order chi connectivity index (χ0) is 18.8. The van der Waals surface area contributed by atoms with Crippen LogP contribution in [0.2, 0.25) is 5.02 Å². The lowest BCUT2D eigenvalue weighted by atomic mass is 10.1. The average molecular weight is 382 g/mol. The number of rotatable bonds is 4. The number of nitrogens with two attached hydrogens (primary N) is 1. The number of halogens is 1. The van der Waals surface area contributed by atoms with Crippen LogP contribution in [0.5, 0.6) is 5.75 Å². The van der Waals surface area contributed by atoms with E-state index in [9.17, 15) is 14.4 Å². The molecule has 0 aliphatic carbocycles. The Hall–Kier alpha value is -2.32. The SMILES string of the molecule is COc1ccc(Cl)cc1N1CC(C(=O)N2CCOC(C(N)=O)C2)CC1=O. The molecular formula is C17H20ClN3O5. The maximum absolute atomic E-state index is 12.8. The van der Waals surface area contributed by atoms with Crippen LogP contribution in [0.25, 0.3) is 0 Å². The van der Waals surface area contributed by atoms with Gasteiger partial charge in [-0.05, 0) is 18.2 Å². The Morgan fingerprint density at radius 3 is 2.81 bits per heavy atom. The van der Waals surface area contributed by atoms with E-state index in [4.69, 9.17) is 26.8 Å². The Morgan fingerprint density at radius 1 is 1.35 bits per heavy atom. The molecule has 0 spiro atoms. The highest BCUT2D eigenvalue weighted by atomic mass is 35.5. The molecule has 3 amide bonds. The molecule has 8 nitrogen and oxygen atoms in total. The number of anilines is 1. The van der Waals surface area contributed by atoms with Crippen LogP contribution in [0, 0.1) is 5.92 Å². The van der Waals surface area contributed by atoms with Crippen molar-refractivity contribution in [3.05, 3.63) is 23.2 Å². The van der Waals surface area contributed by atoms with Crippen molar-refractivity contribution < 1.29 is 23.9 Å². The van der Waals surface area contributed by atoms with Gasteiger partial charge < -0.3 is 25.0 Å². The second-order valence-corrected chi connectivity index (χ2v) is 6.70. The lowest BCUT2D eigenvalue weighted by Gasteiger charge is -2.33. The van der Waals surface area contributed by atoms with E-state index in [0.717, 1.165) is 0 Å². The zero-order valence-electron chi connectivity index (χ0n) is 14.3. The summed E-state index contributed by atoms with van der Waals surface area (Å²) in [6.07, 6.45) is -0.721. The predicted molar refractivity (Wildman–Crippen MR) is 94.0 cm³/mol. The van der Waals surface area contributed by atoms with Gasteiger partial charge in [0, 0.05) is 24.5 Å². The number of methoxy groups -OCH3 is 1. The van der Waals surface area contributed by atoms with E-state index in [0.29, 0.717) is 23.0 Å². The van der Waals surface area contributed by atoms with Crippen LogP contribution in [0.15, 0.2) is 18.2 Å². The Kier molecular flexibility index (Phi) is 5.33. The minimum atomic E-state index is -0.811. The van der Waals surface area contributed by atoms with Gasteiger partial charge in [0.15, 0.2) is 6.10 Å². The Bertz CT molecular complexity index is 741. The lowest BCUT2D eigenvalue weighted by molar-refractivity contribution is -0.148. The number of carbonyl (C=O) groups is 3. The van der Waals surface area contributed by atoms with E-state index in [-0.39, 0.29) is 37.9 Å². The third-order valence-corrected chi connectivity index (χ3v) is 4.84. The van der Waals surface area contributed by atoms with Crippen LogP contribution in [0.1, 0.15) is 6.42 Å². The molecule has 2 aliphatic rings. The van der Waals surface area contributed by atoms with Crippen molar-refractivity contribution in [1.29, 1.82) is 0 Å². The first-order chi connectivity index (χ1) is 12.4. The minimum absolute atomic E-state index is 0.0904. The van der Waals surface area contributed by atoms with Crippen LogP contribution in [0.3, 0.4) is 0 Å². The quantitative estimate of drug-likeness (QED) is 0.814. The highest BCUT2D eigenvalue weighted by Gasteiger charge is 2.40. The average Bonchev–Trinajstić information content (AvgIpc) is 3.02. The summed E-state index contributed by atoms with van der Waals surface area (Å²) in [6, 6.07) is 4.99. The summed E-state index contributed by atoms with van der Waals surface area (Å²) in [5.74, 6) is -0.955. The summed E-state index contributed by atoms with van der Waals surface area (Å²) in [5.41, 5.74) is 5.80. The second kappa shape index (κ2) is 7.51. The topological polar surface area (TPSA) is 102 Å². The van der Waals surface area contributed by atoms with Gasteiger partial charge in [-0.25, -0.2) is 0 Å². The van der Waals surface area contributed by atoms with Gasteiger partial charge >= 0.3 is 0 Å². The van der Waals surface area contributed by atoms with E-state index in [1.54, 1.807) is 18.2 Å². The number of hydrogen-bond acceptors (Lipinski definition) is 5. The van der Waals surface area contributed by atoms with Gasteiger partial charge in [0.2, 0.25) is 17.7 Å². The molecule has 2 heterocycles. The van der Waals surface area contributed by atoms with E-state index in [1.165, 1.54) is 16.9 Å². The summed E-state index contributed by atoms with van der Waals surface area (Å²) >= 11 is 6.04. The number of carbonyl (C=O) groups excluding carboxylic acids is 3. The molecule has 1 aromatic carbocycles. The fourth-order valence-electron chi connectivity index (χ4n) is 3.26. The zero-order valence-corrected chi connectivity index (χ0v) is 15.1. The van der Waals surface area contributed by atoms with E-state index < -0.39 is 17.9 Å². The molecule has 2 fully saturated rings. The van der Waals surface area contributed by atoms with Crippen LogP contribution in [-0.4, -0.2) is 62.1 Å². The summed E-state index contributed by atoms with van der Waals surface area (Å²) < 4.78 is 10.6. The van der Waals surface area contributed by atoms with Crippen molar-refractivity contribution in [2.75, 3.05) is 38.3 Å². The first-order valence-electron chi connectivity index (χ1n) is 8.24. The van der Waals surface area contributed by atoms with Gasteiger partial charge in [0.05, 0.1) is 31.9 Å². The van der Waals surface area contributed by atoms with E-state index >= 15 is 0 Å². The van der Waals surface area contributed by atoms with Crippen LogP contribution in [-0.2, 0) is 19.1 Å². The van der Waals surface area contributed by atoms with Gasteiger partial charge in [0.1, 0.15) is 5.75 Å². The van der Waals surface area contributed by atoms with Gasteiger partial charge in [-0.2, -0.15) is 0 Å². The number of ether oxygens (including phenoxy) is 2. The highest BCUT2D eigenvalue weighted by Crippen LogP contribution is 2.35. The molecular weight excluding hydrogens is 362 g/mol.